The highest BCUT2D eigenvalue weighted by molar-refractivity contribution is 5.98. The lowest BCUT2D eigenvalue weighted by molar-refractivity contribution is -0.123. The van der Waals surface area contributed by atoms with Gasteiger partial charge in [-0.25, -0.2) is 0 Å². The maximum atomic E-state index is 11.8. The molecule has 1 rings (SSSR count). The zero-order valence-electron chi connectivity index (χ0n) is 12.5. The third kappa shape index (κ3) is 5.35. The number of Topliss-reactive ketones (excluding diaryl/α,β-unsaturated/α-hetero) is 1. The van der Waals surface area contributed by atoms with Crippen LogP contribution in [-0.4, -0.2) is 44.4 Å². The minimum absolute atomic E-state index is 0.0479. The van der Waals surface area contributed by atoms with Crippen molar-refractivity contribution in [3.8, 4) is 0 Å². The van der Waals surface area contributed by atoms with Crippen molar-refractivity contribution in [3.05, 3.63) is 29.8 Å². The second-order valence-corrected chi connectivity index (χ2v) is 4.55. The third-order valence-electron chi connectivity index (χ3n) is 2.90. The Kier molecular flexibility index (Phi) is 6.55. The Balaban J connectivity index is 2.75. The molecule has 0 fully saturated rings. The first-order chi connectivity index (χ1) is 9.95. The highest BCUT2D eigenvalue weighted by atomic mass is 16.5. The van der Waals surface area contributed by atoms with Crippen molar-refractivity contribution in [2.75, 3.05) is 31.7 Å². The van der Waals surface area contributed by atoms with Crippen LogP contribution in [-0.2, 0) is 14.3 Å². The summed E-state index contributed by atoms with van der Waals surface area (Å²) in [6.45, 7) is 3.60. The van der Waals surface area contributed by atoms with Gasteiger partial charge in [-0.2, -0.15) is 0 Å². The molecule has 6 heteroatoms. The zero-order chi connectivity index (χ0) is 15.8. The normalized spacial score (nSPS) is 10.0. The number of nitrogens with one attached hydrogen (secondary N) is 1. The Bertz CT molecular complexity index is 511. The number of hydrogen-bond acceptors (Lipinski definition) is 4. The Morgan fingerprint density at radius 1 is 1.14 bits per heavy atom. The van der Waals surface area contributed by atoms with Crippen LogP contribution in [0.3, 0.4) is 0 Å². The van der Waals surface area contributed by atoms with Gasteiger partial charge in [-0.15, -0.1) is 0 Å². The summed E-state index contributed by atoms with van der Waals surface area (Å²) in [5.74, 6) is -0.557. The Morgan fingerprint density at radius 3 is 2.24 bits per heavy atom. The molecule has 0 atom stereocenters. The molecule has 1 aromatic carbocycles. The van der Waals surface area contributed by atoms with E-state index < -0.39 is 0 Å². The minimum atomic E-state index is -0.266. The van der Waals surface area contributed by atoms with Crippen LogP contribution in [0.25, 0.3) is 0 Å². The third-order valence-corrected chi connectivity index (χ3v) is 2.90. The average Bonchev–Trinajstić information content (AvgIpc) is 2.45. The van der Waals surface area contributed by atoms with Gasteiger partial charge in [0.05, 0.1) is 6.61 Å². The molecule has 0 bridgehead atoms. The van der Waals surface area contributed by atoms with Gasteiger partial charge in [0, 0.05) is 31.8 Å². The van der Waals surface area contributed by atoms with Gasteiger partial charge in [0.2, 0.25) is 11.8 Å². The highest BCUT2D eigenvalue weighted by Gasteiger charge is 2.15. The molecule has 0 saturated heterocycles. The van der Waals surface area contributed by atoms with Crippen molar-refractivity contribution < 1.29 is 19.1 Å². The smallest absolute Gasteiger partial charge is 0.240 e. The van der Waals surface area contributed by atoms with Crippen molar-refractivity contribution in [1.82, 2.24) is 5.32 Å². The molecule has 21 heavy (non-hydrogen) atoms. The molecule has 0 spiro atoms. The molecule has 0 unspecified atom stereocenters. The van der Waals surface area contributed by atoms with Gasteiger partial charge in [-0.05, 0) is 31.2 Å². The van der Waals surface area contributed by atoms with Gasteiger partial charge in [-0.1, -0.05) is 0 Å². The predicted octanol–water partition coefficient (Wildman–Crippen LogP) is 1.00. The number of carbonyl (C=O) groups excluding carboxylic acids is 3. The minimum Gasteiger partial charge on any atom is -0.383 e. The molecule has 0 heterocycles. The molecule has 1 aromatic rings. The first kappa shape index (κ1) is 16.8. The van der Waals surface area contributed by atoms with E-state index in [2.05, 4.69) is 5.32 Å². The number of benzene rings is 1. The maximum Gasteiger partial charge on any atom is 0.240 e. The number of ether oxygens (including phenoxy) is 1. The van der Waals surface area contributed by atoms with Gasteiger partial charge in [0.1, 0.15) is 6.54 Å². The molecule has 0 aliphatic carbocycles. The van der Waals surface area contributed by atoms with Gasteiger partial charge in [-0.3, -0.25) is 14.4 Å². The number of carbonyl (C=O) groups is 3. The monoisotopic (exact) mass is 292 g/mol. The van der Waals surface area contributed by atoms with E-state index in [4.69, 9.17) is 4.74 Å². The number of nitrogens with zero attached hydrogens (tertiary/aromatic N) is 1. The first-order valence-electron chi connectivity index (χ1n) is 6.60. The maximum absolute atomic E-state index is 11.8. The largest absolute Gasteiger partial charge is 0.383 e. The van der Waals surface area contributed by atoms with Crippen LogP contribution < -0.4 is 10.2 Å². The standard InChI is InChI=1S/C15H20N2O4/c1-11(18)13-4-6-14(7-5-13)17(12(2)19)10-15(20)16-8-9-21-3/h4-7H,8-10H2,1-3H3,(H,16,20). The van der Waals surface area contributed by atoms with Gasteiger partial charge in [0.25, 0.3) is 0 Å². The van der Waals surface area contributed by atoms with Crippen molar-refractivity contribution >= 4 is 23.3 Å². The molecule has 1 N–H and O–H groups in total. The molecule has 2 amide bonds. The fourth-order valence-electron chi connectivity index (χ4n) is 1.75. The lowest BCUT2D eigenvalue weighted by atomic mass is 10.1. The summed E-state index contributed by atoms with van der Waals surface area (Å²) in [6.07, 6.45) is 0. The van der Waals surface area contributed by atoms with Crippen LogP contribution >= 0.6 is 0 Å². The van der Waals surface area contributed by atoms with Crippen LogP contribution in [0.15, 0.2) is 24.3 Å². The van der Waals surface area contributed by atoms with Crippen molar-refractivity contribution in [2.45, 2.75) is 13.8 Å². The van der Waals surface area contributed by atoms with E-state index in [1.54, 1.807) is 31.4 Å². The summed E-state index contributed by atoms with van der Waals surface area (Å²) in [5, 5.41) is 2.66. The van der Waals surface area contributed by atoms with E-state index in [0.717, 1.165) is 0 Å². The molecule has 0 aliphatic heterocycles. The van der Waals surface area contributed by atoms with Gasteiger partial charge < -0.3 is 15.0 Å². The van der Waals surface area contributed by atoms with E-state index in [0.29, 0.717) is 24.4 Å². The number of amides is 2. The Labute approximate surface area is 124 Å². The molecule has 114 valence electrons. The van der Waals surface area contributed by atoms with Gasteiger partial charge >= 0.3 is 0 Å². The number of ketones is 1. The molecule has 0 saturated carbocycles. The van der Waals surface area contributed by atoms with E-state index in [1.165, 1.54) is 18.7 Å². The fraction of sp³-hybridized carbons (Fsp3) is 0.400. The van der Waals surface area contributed by atoms with Crippen molar-refractivity contribution in [2.24, 2.45) is 0 Å². The molecular formula is C15H20N2O4. The molecule has 6 nitrogen and oxygen atoms in total. The number of rotatable bonds is 7. The summed E-state index contributed by atoms with van der Waals surface area (Å²) < 4.78 is 4.84. The first-order valence-corrected chi connectivity index (χ1v) is 6.60. The van der Waals surface area contributed by atoms with E-state index in [9.17, 15) is 14.4 Å². The number of anilines is 1. The second-order valence-electron chi connectivity index (χ2n) is 4.55. The van der Waals surface area contributed by atoms with Crippen LogP contribution in [0.4, 0.5) is 5.69 Å². The highest BCUT2D eigenvalue weighted by Crippen LogP contribution is 2.15. The van der Waals surface area contributed by atoms with E-state index in [1.807, 2.05) is 0 Å². The van der Waals surface area contributed by atoms with Crippen molar-refractivity contribution in [3.63, 3.8) is 0 Å². The second kappa shape index (κ2) is 8.16. The van der Waals surface area contributed by atoms with Crippen LogP contribution in [0, 0.1) is 0 Å². The van der Waals surface area contributed by atoms with E-state index >= 15 is 0 Å². The molecule has 0 aliphatic rings. The summed E-state index contributed by atoms with van der Waals surface area (Å²) >= 11 is 0. The lowest BCUT2D eigenvalue weighted by Crippen LogP contribution is -2.40. The summed E-state index contributed by atoms with van der Waals surface area (Å²) in [5.41, 5.74) is 1.14. The predicted molar refractivity (Wildman–Crippen MR) is 79.4 cm³/mol. The average molecular weight is 292 g/mol. The van der Waals surface area contributed by atoms with Gasteiger partial charge in [0.15, 0.2) is 5.78 Å². The lowest BCUT2D eigenvalue weighted by Gasteiger charge is -2.20. The Hall–Kier alpha value is -2.21. The van der Waals surface area contributed by atoms with Crippen LogP contribution in [0.2, 0.25) is 0 Å². The molecular weight excluding hydrogens is 272 g/mol. The Morgan fingerprint density at radius 2 is 1.76 bits per heavy atom. The zero-order valence-corrected chi connectivity index (χ0v) is 12.5. The van der Waals surface area contributed by atoms with Crippen LogP contribution in [0.5, 0.6) is 0 Å². The van der Waals surface area contributed by atoms with E-state index in [-0.39, 0.29) is 24.1 Å². The number of hydrogen-bond donors (Lipinski definition) is 1. The summed E-state index contributed by atoms with van der Waals surface area (Å²) in [4.78, 5) is 36.0. The summed E-state index contributed by atoms with van der Waals surface area (Å²) in [7, 11) is 1.55. The summed E-state index contributed by atoms with van der Waals surface area (Å²) in [6, 6.07) is 6.58. The SMILES string of the molecule is COCCNC(=O)CN(C(C)=O)c1ccc(C(C)=O)cc1. The van der Waals surface area contributed by atoms with Crippen LogP contribution in [0.1, 0.15) is 24.2 Å². The fourth-order valence-corrected chi connectivity index (χ4v) is 1.75. The molecule has 0 aromatic heterocycles. The van der Waals surface area contributed by atoms with Crippen molar-refractivity contribution in [1.29, 1.82) is 0 Å². The quantitative estimate of drug-likeness (QED) is 0.601. The number of methoxy groups -OCH3 is 1. The molecule has 0 radical (unpaired) electrons. The topological polar surface area (TPSA) is 75.7 Å².